The fraction of sp³-hybridized carbons (Fsp3) is 0.900. The molecule has 0 unspecified atom stereocenters. The maximum absolute atomic E-state index is 10.6. The lowest BCUT2D eigenvalue weighted by molar-refractivity contribution is -0.138. The number of carboxylic acid groups (broad SMARTS) is 1. The van der Waals surface area contributed by atoms with E-state index in [1.54, 1.807) is 0 Å². The molecule has 0 bridgehead atoms. The van der Waals surface area contributed by atoms with Crippen LogP contribution in [0.25, 0.3) is 0 Å². The van der Waals surface area contributed by atoms with Gasteiger partial charge in [0.15, 0.2) is 0 Å². The first-order valence-corrected chi connectivity index (χ1v) is 5.16. The molecule has 0 radical (unpaired) electrons. The molecule has 0 aromatic carbocycles. The van der Waals surface area contributed by atoms with Crippen LogP contribution in [0.5, 0.6) is 0 Å². The van der Waals surface area contributed by atoms with Crippen molar-refractivity contribution in [2.45, 2.75) is 32.6 Å². The van der Waals surface area contributed by atoms with Crippen molar-refractivity contribution in [2.75, 3.05) is 13.1 Å². The summed E-state index contributed by atoms with van der Waals surface area (Å²) < 4.78 is 0. The Labute approximate surface area is 79.5 Å². The number of aliphatic carboxylic acids is 1. The average molecular weight is 185 g/mol. The Morgan fingerprint density at radius 2 is 2.15 bits per heavy atom. The molecule has 0 aliphatic carbocycles. The summed E-state index contributed by atoms with van der Waals surface area (Å²) in [6, 6.07) is 0. The molecule has 0 aromatic rings. The monoisotopic (exact) mass is 185 g/mol. The van der Waals surface area contributed by atoms with Gasteiger partial charge in [-0.05, 0) is 37.8 Å². The predicted molar refractivity (Wildman–Crippen MR) is 51.6 cm³/mol. The van der Waals surface area contributed by atoms with Gasteiger partial charge in [-0.2, -0.15) is 0 Å². The van der Waals surface area contributed by atoms with Crippen molar-refractivity contribution in [1.29, 1.82) is 0 Å². The Hall–Kier alpha value is -0.570. The maximum Gasteiger partial charge on any atom is 0.303 e. The van der Waals surface area contributed by atoms with Crippen LogP contribution in [0.15, 0.2) is 0 Å². The first kappa shape index (κ1) is 10.5. The molecule has 3 heteroatoms. The lowest BCUT2D eigenvalue weighted by Crippen LogP contribution is -2.32. The van der Waals surface area contributed by atoms with Crippen molar-refractivity contribution >= 4 is 5.97 Å². The van der Waals surface area contributed by atoms with E-state index in [-0.39, 0.29) is 0 Å². The highest BCUT2D eigenvalue weighted by Crippen LogP contribution is 2.27. The van der Waals surface area contributed by atoms with Crippen LogP contribution in [-0.2, 0) is 4.79 Å². The molecule has 0 saturated carbocycles. The van der Waals surface area contributed by atoms with Crippen LogP contribution in [0.2, 0.25) is 0 Å². The number of nitrogens with one attached hydrogen (secondary N) is 1. The number of hydrogen-bond acceptors (Lipinski definition) is 2. The summed E-state index contributed by atoms with van der Waals surface area (Å²) in [6.45, 7) is 4.21. The quantitative estimate of drug-likeness (QED) is 0.697. The Morgan fingerprint density at radius 1 is 1.54 bits per heavy atom. The molecule has 0 amide bonds. The number of hydrogen-bond donors (Lipinski definition) is 2. The van der Waals surface area contributed by atoms with E-state index < -0.39 is 5.97 Å². The summed E-state index contributed by atoms with van der Waals surface area (Å²) in [5, 5.41) is 12.0. The standard InChI is InChI=1S/C10H19NO2/c1-2-8(7-10(12)13)9-3-5-11-6-4-9/h8-9,11H,2-7H2,1H3,(H,12,13)/t8-/m1/s1. The van der Waals surface area contributed by atoms with Crippen LogP contribution < -0.4 is 5.32 Å². The zero-order valence-corrected chi connectivity index (χ0v) is 8.25. The largest absolute Gasteiger partial charge is 0.481 e. The van der Waals surface area contributed by atoms with E-state index in [4.69, 9.17) is 5.11 Å². The lowest BCUT2D eigenvalue weighted by atomic mass is 9.81. The van der Waals surface area contributed by atoms with Crippen LogP contribution in [-0.4, -0.2) is 24.2 Å². The van der Waals surface area contributed by atoms with E-state index in [0.29, 0.717) is 18.3 Å². The number of rotatable bonds is 4. The molecule has 3 nitrogen and oxygen atoms in total. The van der Waals surface area contributed by atoms with Gasteiger partial charge in [-0.15, -0.1) is 0 Å². The number of carboxylic acids is 1. The first-order valence-electron chi connectivity index (χ1n) is 5.16. The topological polar surface area (TPSA) is 49.3 Å². The molecular formula is C10H19NO2. The summed E-state index contributed by atoms with van der Waals surface area (Å²) in [4.78, 5) is 10.6. The van der Waals surface area contributed by atoms with Crippen molar-refractivity contribution in [3.63, 3.8) is 0 Å². The summed E-state index contributed by atoms with van der Waals surface area (Å²) >= 11 is 0. The summed E-state index contributed by atoms with van der Waals surface area (Å²) in [5.74, 6) is 0.368. The van der Waals surface area contributed by atoms with Gasteiger partial charge in [0, 0.05) is 6.42 Å². The average Bonchev–Trinajstić information content (AvgIpc) is 2.15. The van der Waals surface area contributed by atoms with Gasteiger partial charge in [0.2, 0.25) is 0 Å². The molecule has 2 N–H and O–H groups in total. The van der Waals surface area contributed by atoms with Crippen molar-refractivity contribution in [1.82, 2.24) is 5.32 Å². The minimum Gasteiger partial charge on any atom is -0.481 e. The highest BCUT2D eigenvalue weighted by Gasteiger charge is 2.23. The minimum atomic E-state index is -0.648. The van der Waals surface area contributed by atoms with Crippen LogP contribution >= 0.6 is 0 Å². The SMILES string of the molecule is CC[C@H](CC(=O)O)C1CCNCC1. The molecular weight excluding hydrogens is 166 g/mol. The summed E-state index contributed by atoms with van der Waals surface area (Å²) in [6.07, 6.45) is 3.63. The molecule has 1 saturated heterocycles. The molecule has 0 spiro atoms. The smallest absolute Gasteiger partial charge is 0.303 e. The third kappa shape index (κ3) is 3.35. The summed E-state index contributed by atoms with van der Waals surface area (Å²) in [7, 11) is 0. The molecule has 1 atom stereocenters. The Morgan fingerprint density at radius 3 is 2.62 bits per heavy atom. The highest BCUT2D eigenvalue weighted by molar-refractivity contribution is 5.67. The van der Waals surface area contributed by atoms with Gasteiger partial charge < -0.3 is 10.4 Å². The van der Waals surface area contributed by atoms with E-state index >= 15 is 0 Å². The van der Waals surface area contributed by atoms with Crippen LogP contribution in [0.1, 0.15) is 32.6 Å². The minimum absolute atomic E-state index is 0.348. The molecule has 1 aliphatic heterocycles. The molecule has 1 rings (SSSR count). The van der Waals surface area contributed by atoms with Gasteiger partial charge in [-0.1, -0.05) is 13.3 Å². The summed E-state index contributed by atoms with van der Waals surface area (Å²) in [5.41, 5.74) is 0. The highest BCUT2D eigenvalue weighted by atomic mass is 16.4. The Bertz CT molecular complexity index is 164. The number of piperidine rings is 1. The molecule has 0 aromatic heterocycles. The zero-order valence-electron chi connectivity index (χ0n) is 8.25. The molecule has 13 heavy (non-hydrogen) atoms. The second-order valence-electron chi connectivity index (χ2n) is 3.85. The number of carbonyl (C=O) groups is 1. The van der Waals surface area contributed by atoms with Gasteiger partial charge in [-0.3, -0.25) is 4.79 Å². The third-order valence-electron chi connectivity index (χ3n) is 3.01. The van der Waals surface area contributed by atoms with E-state index in [9.17, 15) is 4.79 Å². The van der Waals surface area contributed by atoms with E-state index in [2.05, 4.69) is 12.2 Å². The fourth-order valence-electron chi connectivity index (χ4n) is 2.18. The van der Waals surface area contributed by atoms with Crippen LogP contribution in [0.3, 0.4) is 0 Å². The van der Waals surface area contributed by atoms with Gasteiger partial charge >= 0.3 is 5.97 Å². The van der Waals surface area contributed by atoms with Gasteiger partial charge in [-0.25, -0.2) is 0 Å². The third-order valence-corrected chi connectivity index (χ3v) is 3.01. The van der Waals surface area contributed by atoms with Gasteiger partial charge in [0.05, 0.1) is 0 Å². The fourth-order valence-corrected chi connectivity index (χ4v) is 2.18. The van der Waals surface area contributed by atoms with Gasteiger partial charge in [0.25, 0.3) is 0 Å². The van der Waals surface area contributed by atoms with E-state index in [0.717, 1.165) is 32.4 Å². The lowest BCUT2D eigenvalue weighted by Gasteiger charge is -2.29. The van der Waals surface area contributed by atoms with E-state index in [1.165, 1.54) is 0 Å². The second-order valence-corrected chi connectivity index (χ2v) is 3.85. The van der Waals surface area contributed by atoms with Crippen LogP contribution in [0.4, 0.5) is 0 Å². The Kier molecular flexibility index (Phi) is 4.22. The first-order chi connectivity index (χ1) is 6.24. The van der Waals surface area contributed by atoms with E-state index in [1.807, 2.05) is 0 Å². The predicted octanol–water partition coefficient (Wildman–Crippen LogP) is 1.49. The van der Waals surface area contributed by atoms with Crippen molar-refractivity contribution < 1.29 is 9.90 Å². The van der Waals surface area contributed by atoms with Crippen molar-refractivity contribution in [2.24, 2.45) is 11.8 Å². The molecule has 1 aliphatic rings. The molecule has 1 heterocycles. The van der Waals surface area contributed by atoms with Gasteiger partial charge in [0.1, 0.15) is 0 Å². The maximum atomic E-state index is 10.6. The van der Waals surface area contributed by atoms with Crippen molar-refractivity contribution in [3.8, 4) is 0 Å². The Balaban J connectivity index is 2.39. The zero-order chi connectivity index (χ0) is 9.68. The second kappa shape index (κ2) is 5.22. The normalized spacial score (nSPS) is 21.3. The van der Waals surface area contributed by atoms with Crippen LogP contribution in [0, 0.1) is 11.8 Å². The molecule has 76 valence electrons. The molecule has 1 fully saturated rings. The van der Waals surface area contributed by atoms with Crippen molar-refractivity contribution in [3.05, 3.63) is 0 Å².